The number of nitrogens with zero attached hydrogens (tertiary/aromatic N) is 1. The van der Waals surface area contributed by atoms with Crippen LogP contribution in [0.3, 0.4) is 0 Å². The highest BCUT2D eigenvalue weighted by Crippen LogP contribution is 2.25. The van der Waals surface area contributed by atoms with E-state index in [9.17, 15) is 13.6 Å². The van der Waals surface area contributed by atoms with E-state index in [2.05, 4.69) is 5.32 Å². The summed E-state index contributed by atoms with van der Waals surface area (Å²) in [4.78, 5) is 12.5. The third-order valence-corrected chi connectivity index (χ3v) is 3.62. The fourth-order valence-electron chi connectivity index (χ4n) is 2.79. The molecule has 0 bridgehead atoms. The Balaban J connectivity index is 1.90. The smallest absolute Gasteiger partial charge is 0.315 e. The number of carbonyl (C=O) groups excluding carboxylic acids is 1. The molecule has 92 valence electrons. The molecule has 2 aliphatic rings. The Kier molecular flexibility index (Phi) is 3.74. The molecule has 2 heterocycles. The Morgan fingerprint density at radius 2 is 2.12 bits per heavy atom. The van der Waals surface area contributed by atoms with E-state index in [1.807, 2.05) is 0 Å². The Morgan fingerprint density at radius 3 is 2.75 bits per heavy atom. The molecule has 2 rings (SSSR count). The summed E-state index contributed by atoms with van der Waals surface area (Å²) in [5.41, 5.74) is 0. The van der Waals surface area contributed by atoms with E-state index < -0.39 is 12.3 Å². The molecule has 0 aromatic rings. The van der Waals surface area contributed by atoms with E-state index in [-0.39, 0.29) is 0 Å². The molecule has 5 heteroatoms. The van der Waals surface area contributed by atoms with E-state index in [0.29, 0.717) is 25.0 Å². The van der Waals surface area contributed by atoms with Crippen LogP contribution in [0, 0.1) is 5.92 Å². The Morgan fingerprint density at radius 1 is 1.31 bits per heavy atom. The molecule has 0 aromatic carbocycles. The van der Waals surface area contributed by atoms with Crippen molar-refractivity contribution in [1.82, 2.24) is 10.2 Å². The molecule has 2 aliphatic heterocycles. The van der Waals surface area contributed by atoms with Gasteiger partial charge in [-0.25, -0.2) is 0 Å². The van der Waals surface area contributed by atoms with Gasteiger partial charge in [0.05, 0.1) is 0 Å². The van der Waals surface area contributed by atoms with Crippen LogP contribution in [0.4, 0.5) is 8.78 Å². The lowest BCUT2D eigenvalue weighted by Crippen LogP contribution is -2.47. The van der Waals surface area contributed by atoms with Crippen molar-refractivity contribution < 1.29 is 13.6 Å². The quantitative estimate of drug-likeness (QED) is 0.777. The van der Waals surface area contributed by atoms with Gasteiger partial charge >= 0.3 is 6.43 Å². The Labute approximate surface area is 94.2 Å². The summed E-state index contributed by atoms with van der Waals surface area (Å²) in [6.45, 7) is 2.01. The third-order valence-electron chi connectivity index (χ3n) is 3.62. The lowest BCUT2D eigenvalue weighted by molar-refractivity contribution is -0.144. The average molecular weight is 232 g/mol. The summed E-state index contributed by atoms with van der Waals surface area (Å²) in [6, 6.07) is 0.424. The fourth-order valence-corrected chi connectivity index (χ4v) is 2.79. The van der Waals surface area contributed by atoms with Crippen LogP contribution in [-0.4, -0.2) is 42.9 Å². The number of alkyl halides is 2. The summed E-state index contributed by atoms with van der Waals surface area (Å²) < 4.78 is 24.6. The van der Waals surface area contributed by atoms with Gasteiger partial charge < -0.3 is 10.2 Å². The third kappa shape index (κ3) is 2.51. The number of carbonyl (C=O) groups is 1. The molecular weight excluding hydrogens is 214 g/mol. The molecule has 1 amide bonds. The van der Waals surface area contributed by atoms with Crippen molar-refractivity contribution in [3.63, 3.8) is 0 Å². The minimum absolute atomic E-state index is 0.360. The summed E-state index contributed by atoms with van der Waals surface area (Å²) in [5, 5.41) is 3.39. The highest BCUT2D eigenvalue weighted by atomic mass is 19.3. The molecule has 16 heavy (non-hydrogen) atoms. The van der Waals surface area contributed by atoms with Crippen molar-refractivity contribution in [3.05, 3.63) is 0 Å². The average Bonchev–Trinajstić information content (AvgIpc) is 2.81. The van der Waals surface area contributed by atoms with Gasteiger partial charge in [0.25, 0.3) is 5.91 Å². The first-order valence-electron chi connectivity index (χ1n) is 5.99. The normalized spacial score (nSPS) is 31.1. The number of likely N-dealkylation sites (tertiary alicyclic amines) is 1. The van der Waals surface area contributed by atoms with Crippen LogP contribution in [0.25, 0.3) is 0 Å². The predicted molar refractivity (Wildman–Crippen MR) is 56.3 cm³/mol. The van der Waals surface area contributed by atoms with Crippen LogP contribution < -0.4 is 5.32 Å². The molecule has 0 aromatic heterocycles. The van der Waals surface area contributed by atoms with Crippen molar-refractivity contribution in [2.45, 2.75) is 38.2 Å². The van der Waals surface area contributed by atoms with Gasteiger partial charge in [-0.2, -0.15) is 8.78 Å². The highest BCUT2D eigenvalue weighted by molar-refractivity contribution is 5.79. The number of halogens is 2. The Hall–Kier alpha value is -0.710. The molecule has 2 fully saturated rings. The maximum Gasteiger partial charge on any atom is 0.315 e. The topological polar surface area (TPSA) is 32.3 Å². The van der Waals surface area contributed by atoms with Crippen LogP contribution in [0.5, 0.6) is 0 Å². The van der Waals surface area contributed by atoms with Crippen LogP contribution in [-0.2, 0) is 4.79 Å². The maximum atomic E-state index is 12.3. The second-order valence-corrected chi connectivity index (χ2v) is 4.69. The minimum atomic E-state index is -2.85. The zero-order valence-electron chi connectivity index (χ0n) is 9.29. The van der Waals surface area contributed by atoms with Gasteiger partial charge in [-0.3, -0.25) is 4.79 Å². The number of nitrogens with one attached hydrogen (secondary N) is 1. The van der Waals surface area contributed by atoms with Gasteiger partial charge in [0.1, 0.15) is 0 Å². The lowest BCUT2D eigenvalue weighted by Gasteiger charge is -2.35. The molecule has 2 unspecified atom stereocenters. The number of piperidine rings is 1. The SMILES string of the molecule is O=C(C(F)F)N1CCCC(C2CCCN2)C1. The summed E-state index contributed by atoms with van der Waals surface area (Å²) >= 11 is 0. The molecule has 0 spiro atoms. The first-order valence-corrected chi connectivity index (χ1v) is 5.99. The van der Waals surface area contributed by atoms with Crippen molar-refractivity contribution in [2.75, 3.05) is 19.6 Å². The van der Waals surface area contributed by atoms with E-state index in [1.165, 1.54) is 4.90 Å². The molecule has 1 N–H and O–H groups in total. The summed E-state index contributed by atoms with van der Waals surface area (Å²) in [7, 11) is 0. The molecule has 2 atom stereocenters. The molecule has 0 aliphatic carbocycles. The minimum Gasteiger partial charge on any atom is -0.337 e. The van der Waals surface area contributed by atoms with E-state index in [0.717, 1.165) is 32.2 Å². The largest absolute Gasteiger partial charge is 0.337 e. The molecule has 2 saturated heterocycles. The summed E-state index contributed by atoms with van der Waals surface area (Å²) in [5.74, 6) is -0.637. The van der Waals surface area contributed by atoms with Gasteiger partial charge in [0.2, 0.25) is 0 Å². The molecular formula is C11H18F2N2O. The zero-order valence-corrected chi connectivity index (χ0v) is 9.29. The number of rotatable bonds is 2. The van der Waals surface area contributed by atoms with E-state index in [4.69, 9.17) is 0 Å². The van der Waals surface area contributed by atoms with E-state index >= 15 is 0 Å². The molecule has 0 radical (unpaired) electrons. The number of amides is 1. The van der Waals surface area contributed by atoms with Crippen LogP contribution in [0.1, 0.15) is 25.7 Å². The molecule has 3 nitrogen and oxygen atoms in total. The van der Waals surface area contributed by atoms with Crippen LogP contribution in [0.15, 0.2) is 0 Å². The van der Waals surface area contributed by atoms with Crippen molar-refractivity contribution in [2.24, 2.45) is 5.92 Å². The lowest BCUT2D eigenvalue weighted by atomic mass is 9.90. The van der Waals surface area contributed by atoms with Gasteiger partial charge in [-0.05, 0) is 38.1 Å². The monoisotopic (exact) mass is 232 g/mol. The van der Waals surface area contributed by atoms with Gasteiger partial charge in [-0.1, -0.05) is 0 Å². The second kappa shape index (κ2) is 5.08. The van der Waals surface area contributed by atoms with Crippen molar-refractivity contribution >= 4 is 5.91 Å². The highest BCUT2D eigenvalue weighted by Gasteiger charge is 2.33. The first kappa shape index (κ1) is 11.8. The maximum absolute atomic E-state index is 12.3. The summed E-state index contributed by atoms with van der Waals surface area (Å²) in [6.07, 6.45) is 1.31. The van der Waals surface area contributed by atoms with Crippen molar-refractivity contribution in [3.8, 4) is 0 Å². The van der Waals surface area contributed by atoms with Crippen LogP contribution in [0.2, 0.25) is 0 Å². The van der Waals surface area contributed by atoms with Crippen molar-refractivity contribution in [1.29, 1.82) is 0 Å². The number of hydrogen-bond acceptors (Lipinski definition) is 2. The Bertz CT molecular complexity index is 254. The van der Waals surface area contributed by atoms with Gasteiger partial charge in [0, 0.05) is 19.1 Å². The van der Waals surface area contributed by atoms with Gasteiger partial charge in [0.15, 0.2) is 0 Å². The first-order chi connectivity index (χ1) is 7.68. The van der Waals surface area contributed by atoms with Gasteiger partial charge in [-0.15, -0.1) is 0 Å². The second-order valence-electron chi connectivity index (χ2n) is 4.69. The number of hydrogen-bond donors (Lipinski definition) is 1. The zero-order chi connectivity index (χ0) is 11.5. The van der Waals surface area contributed by atoms with E-state index in [1.54, 1.807) is 0 Å². The standard InChI is InChI=1S/C11H18F2N2O/c12-10(13)11(16)15-6-2-3-8(7-15)9-4-1-5-14-9/h8-10,14H,1-7H2. The fraction of sp³-hybridized carbons (Fsp3) is 0.909. The predicted octanol–water partition coefficient (Wildman–Crippen LogP) is 1.24. The van der Waals surface area contributed by atoms with Crippen LogP contribution >= 0.6 is 0 Å². The molecule has 0 saturated carbocycles.